The van der Waals surface area contributed by atoms with Crippen molar-refractivity contribution in [2.75, 3.05) is 12.4 Å². The number of nitro groups is 1. The molecule has 0 saturated carbocycles. The molecule has 0 bridgehead atoms. The van der Waals surface area contributed by atoms with Gasteiger partial charge in [-0.3, -0.25) is 14.9 Å². The minimum absolute atomic E-state index is 0.0188. The number of methoxy groups -OCH3 is 1. The SMILES string of the molecule is COc1ccccc1C(=O)Nc1ccc([N+](=O)[O-])c(C)c1. The van der Waals surface area contributed by atoms with Crippen molar-refractivity contribution in [1.29, 1.82) is 0 Å². The second-order valence-corrected chi connectivity index (χ2v) is 4.41. The fraction of sp³-hybridized carbons (Fsp3) is 0.133. The van der Waals surface area contributed by atoms with Gasteiger partial charge in [0.2, 0.25) is 0 Å². The van der Waals surface area contributed by atoms with Gasteiger partial charge in [-0.25, -0.2) is 0 Å². The molecular formula is C15H14N2O4. The smallest absolute Gasteiger partial charge is 0.272 e. The summed E-state index contributed by atoms with van der Waals surface area (Å²) < 4.78 is 5.13. The van der Waals surface area contributed by atoms with Crippen molar-refractivity contribution in [3.05, 3.63) is 63.7 Å². The topological polar surface area (TPSA) is 81.5 Å². The summed E-state index contributed by atoms with van der Waals surface area (Å²) in [5.41, 5.74) is 1.40. The summed E-state index contributed by atoms with van der Waals surface area (Å²) in [5, 5.41) is 13.5. The normalized spacial score (nSPS) is 10.0. The van der Waals surface area contributed by atoms with Crippen LogP contribution in [-0.4, -0.2) is 17.9 Å². The molecule has 1 amide bonds. The van der Waals surface area contributed by atoms with E-state index in [0.717, 1.165) is 0 Å². The van der Waals surface area contributed by atoms with Gasteiger partial charge in [0.05, 0.1) is 17.6 Å². The van der Waals surface area contributed by atoms with E-state index >= 15 is 0 Å². The standard InChI is InChI=1S/C15H14N2O4/c1-10-9-11(7-8-13(10)17(19)20)16-15(18)12-5-3-4-6-14(12)21-2/h3-9H,1-2H3,(H,16,18). The van der Waals surface area contributed by atoms with Crippen molar-refractivity contribution in [3.8, 4) is 5.75 Å². The average Bonchev–Trinajstić information content (AvgIpc) is 2.46. The average molecular weight is 286 g/mol. The van der Waals surface area contributed by atoms with E-state index in [-0.39, 0.29) is 11.6 Å². The Labute approximate surface area is 121 Å². The van der Waals surface area contributed by atoms with Gasteiger partial charge in [0, 0.05) is 17.3 Å². The number of nitrogens with zero attached hydrogens (tertiary/aromatic N) is 1. The summed E-state index contributed by atoms with van der Waals surface area (Å²) in [6, 6.07) is 11.3. The Morgan fingerprint density at radius 1 is 1.24 bits per heavy atom. The maximum atomic E-state index is 12.2. The van der Waals surface area contributed by atoms with Gasteiger partial charge in [-0.15, -0.1) is 0 Å². The first-order chi connectivity index (χ1) is 10.0. The zero-order valence-corrected chi connectivity index (χ0v) is 11.6. The largest absolute Gasteiger partial charge is 0.496 e. The monoisotopic (exact) mass is 286 g/mol. The number of nitrogens with one attached hydrogen (secondary N) is 1. The van der Waals surface area contributed by atoms with E-state index in [1.807, 2.05) is 0 Å². The van der Waals surface area contributed by atoms with Gasteiger partial charge in [0.25, 0.3) is 11.6 Å². The van der Waals surface area contributed by atoms with Crippen molar-refractivity contribution in [3.63, 3.8) is 0 Å². The van der Waals surface area contributed by atoms with E-state index in [1.54, 1.807) is 37.3 Å². The number of hydrogen-bond donors (Lipinski definition) is 1. The second-order valence-electron chi connectivity index (χ2n) is 4.41. The van der Waals surface area contributed by atoms with Crippen LogP contribution < -0.4 is 10.1 Å². The second kappa shape index (κ2) is 6.04. The van der Waals surface area contributed by atoms with Crippen molar-refractivity contribution < 1.29 is 14.5 Å². The molecule has 0 radical (unpaired) electrons. The summed E-state index contributed by atoms with van der Waals surface area (Å²) in [6.07, 6.45) is 0. The fourth-order valence-corrected chi connectivity index (χ4v) is 1.97. The molecule has 0 aliphatic carbocycles. The molecule has 6 nitrogen and oxygen atoms in total. The molecule has 0 heterocycles. The summed E-state index contributed by atoms with van der Waals surface area (Å²) in [7, 11) is 1.49. The number of ether oxygens (including phenoxy) is 1. The third kappa shape index (κ3) is 3.17. The third-order valence-electron chi connectivity index (χ3n) is 3.00. The number of carbonyl (C=O) groups excluding carboxylic acids is 1. The minimum Gasteiger partial charge on any atom is -0.496 e. The third-order valence-corrected chi connectivity index (χ3v) is 3.00. The predicted molar refractivity (Wildman–Crippen MR) is 78.8 cm³/mol. The maximum absolute atomic E-state index is 12.2. The van der Waals surface area contributed by atoms with Crippen LogP contribution in [0.5, 0.6) is 5.75 Å². The van der Waals surface area contributed by atoms with E-state index in [1.165, 1.54) is 19.2 Å². The molecule has 0 fully saturated rings. The number of carbonyl (C=O) groups is 1. The highest BCUT2D eigenvalue weighted by atomic mass is 16.6. The predicted octanol–water partition coefficient (Wildman–Crippen LogP) is 3.16. The molecule has 0 atom stereocenters. The highest BCUT2D eigenvalue weighted by Gasteiger charge is 2.14. The molecule has 108 valence electrons. The lowest BCUT2D eigenvalue weighted by molar-refractivity contribution is -0.385. The number of rotatable bonds is 4. The Morgan fingerprint density at radius 3 is 2.57 bits per heavy atom. The Kier molecular flexibility index (Phi) is 4.18. The molecule has 0 aliphatic heterocycles. The molecule has 21 heavy (non-hydrogen) atoms. The van der Waals surface area contributed by atoms with Gasteiger partial charge in [-0.2, -0.15) is 0 Å². The summed E-state index contributed by atoms with van der Waals surface area (Å²) in [4.78, 5) is 22.5. The zero-order chi connectivity index (χ0) is 15.4. The Morgan fingerprint density at radius 2 is 1.95 bits per heavy atom. The first kappa shape index (κ1) is 14.5. The zero-order valence-electron chi connectivity index (χ0n) is 11.6. The van der Waals surface area contributed by atoms with Crippen molar-refractivity contribution >= 4 is 17.3 Å². The van der Waals surface area contributed by atoms with Crippen LogP contribution in [0.15, 0.2) is 42.5 Å². The van der Waals surface area contributed by atoms with Crippen LogP contribution in [0.4, 0.5) is 11.4 Å². The van der Waals surface area contributed by atoms with E-state index < -0.39 is 4.92 Å². The van der Waals surface area contributed by atoms with E-state index in [2.05, 4.69) is 5.32 Å². The first-order valence-corrected chi connectivity index (χ1v) is 6.22. The lowest BCUT2D eigenvalue weighted by Crippen LogP contribution is -2.13. The molecule has 0 aliphatic rings. The van der Waals surface area contributed by atoms with E-state index in [0.29, 0.717) is 22.6 Å². The number of hydrogen-bond acceptors (Lipinski definition) is 4. The highest BCUT2D eigenvalue weighted by molar-refractivity contribution is 6.06. The molecule has 0 spiro atoms. The van der Waals surface area contributed by atoms with E-state index in [4.69, 9.17) is 4.74 Å². The lowest BCUT2D eigenvalue weighted by atomic mass is 10.1. The lowest BCUT2D eigenvalue weighted by Gasteiger charge is -2.09. The number of para-hydroxylation sites is 1. The molecular weight excluding hydrogens is 272 g/mol. The maximum Gasteiger partial charge on any atom is 0.272 e. The molecule has 1 N–H and O–H groups in total. The highest BCUT2D eigenvalue weighted by Crippen LogP contribution is 2.23. The van der Waals surface area contributed by atoms with Crippen molar-refractivity contribution in [2.24, 2.45) is 0 Å². The van der Waals surface area contributed by atoms with Crippen LogP contribution in [-0.2, 0) is 0 Å². The van der Waals surface area contributed by atoms with Gasteiger partial charge in [0.1, 0.15) is 5.75 Å². The first-order valence-electron chi connectivity index (χ1n) is 6.22. The molecule has 2 aromatic carbocycles. The number of anilines is 1. The minimum atomic E-state index is -0.457. The number of benzene rings is 2. The van der Waals surface area contributed by atoms with E-state index in [9.17, 15) is 14.9 Å². The Hall–Kier alpha value is -2.89. The van der Waals surface area contributed by atoms with Crippen LogP contribution >= 0.6 is 0 Å². The fourth-order valence-electron chi connectivity index (χ4n) is 1.97. The quantitative estimate of drug-likeness (QED) is 0.691. The molecule has 2 aromatic rings. The van der Waals surface area contributed by atoms with Crippen LogP contribution in [0.2, 0.25) is 0 Å². The molecule has 0 aromatic heterocycles. The van der Waals surface area contributed by atoms with Gasteiger partial charge < -0.3 is 10.1 Å². The van der Waals surface area contributed by atoms with Crippen LogP contribution in [0.25, 0.3) is 0 Å². The summed E-state index contributed by atoms with van der Waals surface area (Å²) >= 11 is 0. The van der Waals surface area contributed by atoms with Crippen LogP contribution in [0.1, 0.15) is 15.9 Å². The van der Waals surface area contributed by atoms with Crippen molar-refractivity contribution in [1.82, 2.24) is 0 Å². The van der Waals surface area contributed by atoms with Gasteiger partial charge in [-0.1, -0.05) is 12.1 Å². The molecule has 6 heteroatoms. The van der Waals surface area contributed by atoms with Gasteiger partial charge in [-0.05, 0) is 31.2 Å². The number of amides is 1. The van der Waals surface area contributed by atoms with Crippen LogP contribution in [0, 0.1) is 17.0 Å². The number of nitro benzene ring substituents is 1. The molecule has 2 rings (SSSR count). The van der Waals surface area contributed by atoms with Crippen LogP contribution in [0.3, 0.4) is 0 Å². The van der Waals surface area contributed by atoms with Gasteiger partial charge in [0.15, 0.2) is 0 Å². The van der Waals surface area contributed by atoms with Crippen molar-refractivity contribution in [2.45, 2.75) is 6.92 Å². The molecule has 0 saturated heterocycles. The molecule has 0 unspecified atom stereocenters. The Balaban J connectivity index is 2.24. The summed E-state index contributed by atoms with van der Waals surface area (Å²) in [5.74, 6) is 0.134. The summed E-state index contributed by atoms with van der Waals surface area (Å²) in [6.45, 7) is 1.62. The Bertz CT molecular complexity index is 698. The number of aryl methyl sites for hydroxylation is 1. The van der Waals surface area contributed by atoms with Gasteiger partial charge >= 0.3 is 0 Å².